The molecule has 1 atom stereocenters. The summed E-state index contributed by atoms with van der Waals surface area (Å²) in [6.45, 7) is 1.28. The van der Waals surface area contributed by atoms with Crippen molar-refractivity contribution in [1.29, 1.82) is 0 Å². The molecule has 2 rings (SSSR count). The lowest BCUT2D eigenvalue weighted by molar-refractivity contribution is 0.195. The van der Waals surface area contributed by atoms with Crippen molar-refractivity contribution in [3.05, 3.63) is 59.1 Å². The number of thioether (sulfide) groups is 1. The molecular formula is C17H21Cl2NO2S. The SMILES string of the molecule is COc1ccc(SCC(O)CNCc2ccc(Cl)cc2)cc1.Cl. The predicted octanol–water partition coefficient (Wildman–Crippen LogP) is 4.01. The van der Waals surface area contributed by atoms with Crippen LogP contribution in [0.5, 0.6) is 5.75 Å². The molecule has 0 bridgehead atoms. The van der Waals surface area contributed by atoms with E-state index in [-0.39, 0.29) is 18.5 Å². The molecule has 2 aromatic rings. The molecule has 0 amide bonds. The first kappa shape index (κ1) is 20.1. The van der Waals surface area contributed by atoms with Crippen LogP contribution in [-0.4, -0.2) is 30.6 Å². The number of benzene rings is 2. The average molecular weight is 374 g/mol. The number of hydrogen-bond acceptors (Lipinski definition) is 4. The predicted molar refractivity (Wildman–Crippen MR) is 100 cm³/mol. The summed E-state index contributed by atoms with van der Waals surface area (Å²) >= 11 is 7.48. The summed E-state index contributed by atoms with van der Waals surface area (Å²) in [5, 5.41) is 14.0. The number of halogens is 2. The van der Waals surface area contributed by atoms with Crippen molar-refractivity contribution in [2.24, 2.45) is 0 Å². The first-order chi connectivity index (χ1) is 10.7. The molecule has 0 aliphatic heterocycles. The molecule has 6 heteroatoms. The van der Waals surface area contributed by atoms with Crippen molar-refractivity contribution >= 4 is 35.8 Å². The third-order valence-corrected chi connectivity index (χ3v) is 4.53. The van der Waals surface area contributed by atoms with E-state index in [2.05, 4.69) is 5.32 Å². The number of rotatable bonds is 8. The molecule has 0 spiro atoms. The Morgan fingerprint density at radius 1 is 1.13 bits per heavy atom. The molecule has 0 saturated heterocycles. The quantitative estimate of drug-likeness (QED) is 0.685. The second kappa shape index (κ2) is 10.8. The van der Waals surface area contributed by atoms with Crippen molar-refractivity contribution in [2.75, 3.05) is 19.4 Å². The molecule has 0 heterocycles. The molecule has 3 nitrogen and oxygen atoms in total. The van der Waals surface area contributed by atoms with Crippen molar-refractivity contribution in [1.82, 2.24) is 5.32 Å². The Balaban J connectivity index is 0.00000264. The largest absolute Gasteiger partial charge is 0.497 e. The minimum atomic E-state index is -0.389. The van der Waals surface area contributed by atoms with Gasteiger partial charge in [0.05, 0.1) is 13.2 Å². The number of ether oxygens (including phenoxy) is 1. The third-order valence-electron chi connectivity index (χ3n) is 3.12. The molecule has 1 unspecified atom stereocenters. The third kappa shape index (κ3) is 7.46. The summed E-state index contributed by atoms with van der Waals surface area (Å²) in [6.07, 6.45) is -0.389. The van der Waals surface area contributed by atoms with Gasteiger partial charge in [0.1, 0.15) is 5.75 Å². The number of aliphatic hydroxyl groups is 1. The van der Waals surface area contributed by atoms with Crippen molar-refractivity contribution in [2.45, 2.75) is 17.5 Å². The minimum absolute atomic E-state index is 0. The van der Waals surface area contributed by atoms with Crippen molar-refractivity contribution < 1.29 is 9.84 Å². The van der Waals surface area contributed by atoms with Crippen LogP contribution in [0.3, 0.4) is 0 Å². The molecule has 0 aliphatic rings. The Morgan fingerprint density at radius 2 is 1.78 bits per heavy atom. The van der Waals surface area contributed by atoms with Crippen molar-refractivity contribution in [3.63, 3.8) is 0 Å². The first-order valence-corrected chi connectivity index (χ1v) is 8.44. The molecule has 126 valence electrons. The fourth-order valence-electron chi connectivity index (χ4n) is 1.91. The summed E-state index contributed by atoms with van der Waals surface area (Å²) in [5.41, 5.74) is 1.15. The van der Waals surface area contributed by atoms with Gasteiger partial charge in [0, 0.05) is 28.8 Å². The van der Waals surface area contributed by atoms with Crippen LogP contribution in [0.15, 0.2) is 53.4 Å². The lowest BCUT2D eigenvalue weighted by atomic mass is 10.2. The van der Waals surface area contributed by atoms with E-state index >= 15 is 0 Å². The zero-order valence-electron chi connectivity index (χ0n) is 12.9. The molecule has 0 aliphatic carbocycles. The van der Waals surface area contributed by atoms with Crippen LogP contribution in [0, 0.1) is 0 Å². The monoisotopic (exact) mass is 373 g/mol. The number of hydrogen-bond donors (Lipinski definition) is 2. The maximum absolute atomic E-state index is 10.0. The van der Waals surface area contributed by atoms with Gasteiger partial charge < -0.3 is 15.2 Å². The number of methoxy groups -OCH3 is 1. The highest BCUT2D eigenvalue weighted by atomic mass is 35.5. The van der Waals surface area contributed by atoms with Crippen LogP contribution in [0.25, 0.3) is 0 Å². The maximum atomic E-state index is 10.0. The molecular weight excluding hydrogens is 353 g/mol. The number of nitrogens with one attached hydrogen (secondary N) is 1. The second-order valence-electron chi connectivity index (χ2n) is 4.90. The normalized spacial score (nSPS) is 11.6. The molecule has 0 aromatic heterocycles. The second-order valence-corrected chi connectivity index (χ2v) is 6.43. The van der Waals surface area contributed by atoms with E-state index in [0.29, 0.717) is 12.3 Å². The molecule has 2 N–H and O–H groups in total. The van der Waals surface area contributed by atoms with E-state index in [9.17, 15) is 5.11 Å². The fraction of sp³-hybridized carbons (Fsp3) is 0.294. The van der Waals surface area contributed by atoms with Gasteiger partial charge in [0.25, 0.3) is 0 Å². The summed E-state index contributed by atoms with van der Waals surface area (Å²) in [5.74, 6) is 1.49. The van der Waals surface area contributed by atoms with Crippen LogP contribution in [0.2, 0.25) is 5.02 Å². The van der Waals surface area contributed by atoms with E-state index in [1.54, 1.807) is 18.9 Å². The van der Waals surface area contributed by atoms with Crippen LogP contribution in [0.1, 0.15) is 5.56 Å². The van der Waals surface area contributed by atoms with Gasteiger partial charge in [0.2, 0.25) is 0 Å². The van der Waals surface area contributed by atoms with E-state index in [0.717, 1.165) is 27.8 Å². The molecule has 0 radical (unpaired) electrons. The first-order valence-electron chi connectivity index (χ1n) is 7.07. The fourth-order valence-corrected chi connectivity index (χ4v) is 2.87. The van der Waals surface area contributed by atoms with Gasteiger partial charge in [-0.2, -0.15) is 0 Å². The zero-order chi connectivity index (χ0) is 15.8. The van der Waals surface area contributed by atoms with E-state index in [4.69, 9.17) is 16.3 Å². The van der Waals surface area contributed by atoms with Gasteiger partial charge in [0.15, 0.2) is 0 Å². The number of aliphatic hydroxyl groups excluding tert-OH is 1. The highest BCUT2D eigenvalue weighted by Gasteiger charge is 2.05. The van der Waals surface area contributed by atoms with E-state index < -0.39 is 0 Å². The summed E-state index contributed by atoms with van der Waals surface area (Å²) in [7, 11) is 1.65. The molecule has 23 heavy (non-hydrogen) atoms. The lowest BCUT2D eigenvalue weighted by Gasteiger charge is -2.12. The van der Waals surface area contributed by atoms with Gasteiger partial charge in [-0.3, -0.25) is 0 Å². The van der Waals surface area contributed by atoms with Gasteiger partial charge in [-0.15, -0.1) is 24.2 Å². The minimum Gasteiger partial charge on any atom is -0.497 e. The molecule has 0 saturated carbocycles. The topological polar surface area (TPSA) is 41.5 Å². The maximum Gasteiger partial charge on any atom is 0.118 e. The van der Waals surface area contributed by atoms with Crippen LogP contribution in [-0.2, 0) is 6.54 Å². The van der Waals surface area contributed by atoms with Crippen LogP contribution in [0.4, 0.5) is 0 Å². The smallest absolute Gasteiger partial charge is 0.118 e. The Labute approximate surface area is 152 Å². The molecule has 0 fully saturated rings. The van der Waals surface area contributed by atoms with Gasteiger partial charge in [-0.05, 0) is 42.0 Å². The zero-order valence-corrected chi connectivity index (χ0v) is 15.3. The Bertz CT molecular complexity index is 564. The van der Waals surface area contributed by atoms with E-state index in [1.807, 2.05) is 48.5 Å². The Hall–Kier alpha value is -0.910. The Kier molecular flexibility index (Phi) is 9.44. The van der Waals surface area contributed by atoms with Crippen LogP contribution >= 0.6 is 35.8 Å². The van der Waals surface area contributed by atoms with Gasteiger partial charge >= 0.3 is 0 Å². The average Bonchev–Trinajstić information content (AvgIpc) is 2.55. The van der Waals surface area contributed by atoms with Crippen LogP contribution < -0.4 is 10.1 Å². The lowest BCUT2D eigenvalue weighted by Crippen LogP contribution is -2.28. The van der Waals surface area contributed by atoms with Gasteiger partial charge in [-0.1, -0.05) is 23.7 Å². The van der Waals surface area contributed by atoms with Crippen molar-refractivity contribution in [3.8, 4) is 5.75 Å². The highest BCUT2D eigenvalue weighted by Crippen LogP contribution is 2.21. The summed E-state index contributed by atoms with van der Waals surface area (Å²) < 4.78 is 5.12. The summed E-state index contributed by atoms with van der Waals surface area (Å²) in [4.78, 5) is 1.12. The van der Waals surface area contributed by atoms with Gasteiger partial charge in [-0.25, -0.2) is 0 Å². The summed E-state index contributed by atoms with van der Waals surface area (Å²) in [6, 6.07) is 15.5. The Morgan fingerprint density at radius 3 is 2.39 bits per heavy atom. The molecule has 2 aromatic carbocycles. The standard InChI is InChI=1S/C17H20ClNO2S.ClH/c1-21-16-6-8-17(9-7-16)22-12-15(20)11-19-10-13-2-4-14(18)5-3-13;/h2-9,15,19-20H,10-12H2,1H3;1H. The highest BCUT2D eigenvalue weighted by molar-refractivity contribution is 7.99. The van der Waals surface area contributed by atoms with E-state index in [1.165, 1.54) is 0 Å².